The Hall–Kier alpha value is -2.82. The van der Waals surface area contributed by atoms with Gasteiger partial charge in [0.25, 0.3) is 5.89 Å². The van der Waals surface area contributed by atoms with E-state index in [1.807, 2.05) is 49.4 Å². The van der Waals surface area contributed by atoms with Gasteiger partial charge >= 0.3 is 0 Å². The van der Waals surface area contributed by atoms with Gasteiger partial charge in [-0.1, -0.05) is 23.4 Å². The summed E-state index contributed by atoms with van der Waals surface area (Å²) in [6, 6.07) is 18.0. The van der Waals surface area contributed by atoms with Crippen LogP contribution in [-0.2, 0) is 0 Å². The Labute approximate surface area is 147 Å². The van der Waals surface area contributed by atoms with Crippen molar-refractivity contribution in [2.45, 2.75) is 25.9 Å². The highest BCUT2D eigenvalue weighted by molar-refractivity contribution is 5.60. The van der Waals surface area contributed by atoms with Crippen LogP contribution in [0.4, 0.5) is 5.69 Å². The van der Waals surface area contributed by atoms with E-state index in [4.69, 9.17) is 9.26 Å². The Kier molecular flexibility index (Phi) is 4.37. The summed E-state index contributed by atoms with van der Waals surface area (Å²) >= 11 is 0. The maximum absolute atomic E-state index is 5.83. The predicted molar refractivity (Wildman–Crippen MR) is 96.7 cm³/mol. The van der Waals surface area contributed by atoms with Crippen molar-refractivity contribution in [3.63, 3.8) is 0 Å². The lowest BCUT2D eigenvalue weighted by atomic mass is 10.2. The number of hydrogen-bond acceptors (Lipinski definition) is 5. The quantitative estimate of drug-likeness (QED) is 0.688. The highest BCUT2D eigenvalue weighted by Crippen LogP contribution is 2.26. The monoisotopic (exact) mass is 335 g/mol. The smallest absolute Gasteiger partial charge is 0.267 e. The van der Waals surface area contributed by atoms with E-state index in [9.17, 15) is 0 Å². The molecule has 1 saturated heterocycles. The van der Waals surface area contributed by atoms with Crippen molar-refractivity contribution in [1.29, 1.82) is 0 Å². The Balaban J connectivity index is 1.47. The molecule has 3 aromatic rings. The molecule has 1 fully saturated rings. The zero-order valence-electron chi connectivity index (χ0n) is 14.3. The van der Waals surface area contributed by atoms with Gasteiger partial charge in [0, 0.05) is 24.3 Å². The van der Waals surface area contributed by atoms with Crippen LogP contribution in [0.5, 0.6) is 5.75 Å². The first kappa shape index (κ1) is 15.7. The summed E-state index contributed by atoms with van der Waals surface area (Å²) < 4.78 is 11.2. The molecule has 2 aromatic carbocycles. The zero-order valence-corrected chi connectivity index (χ0v) is 14.3. The summed E-state index contributed by atoms with van der Waals surface area (Å²) in [5.74, 6) is 1.85. The topological polar surface area (TPSA) is 51.4 Å². The zero-order chi connectivity index (χ0) is 17.1. The molecule has 1 atom stereocenters. The molecule has 1 aliphatic heterocycles. The van der Waals surface area contributed by atoms with Crippen LogP contribution in [0.3, 0.4) is 0 Å². The average Bonchev–Trinajstić information content (AvgIpc) is 3.35. The minimum atomic E-state index is -0.299. The molecule has 0 saturated carbocycles. The van der Waals surface area contributed by atoms with E-state index in [1.54, 1.807) is 0 Å². The third-order valence-electron chi connectivity index (χ3n) is 4.44. The molecule has 0 amide bonds. The SMILES string of the molecule is CC(Oc1ccccc1)c1nc(-c2ccc(N3CCCC3)cc2)no1. The lowest BCUT2D eigenvalue weighted by molar-refractivity contribution is 0.176. The summed E-state index contributed by atoms with van der Waals surface area (Å²) in [6.07, 6.45) is 2.25. The minimum absolute atomic E-state index is 0.299. The normalized spacial score (nSPS) is 15.3. The second kappa shape index (κ2) is 6.97. The third kappa shape index (κ3) is 3.50. The average molecular weight is 335 g/mol. The standard InChI is InChI=1S/C20H21N3O2/c1-15(24-18-7-3-2-4-8-18)20-21-19(22-25-20)16-9-11-17(12-10-16)23-13-5-6-14-23/h2-4,7-12,15H,5-6,13-14H2,1H3. The summed E-state index contributed by atoms with van der Waals surface area (Å²) in [7, 11) is 0. The molecule has 1 aromatic heterocycles. The van der Waals surface area contributed by atoms with E-state index in [-0.39, 0.29) is 6.10 Å². The van der Waals surface area contributed by atoms with Crippen molar-refractivity contribution in [3.05, 3.63) is 60.5 Å². The van der Waals surface area contributed by atoms with E-state index < -0.39 is 0 Å². The number of aromatic nitrogens is 2. The molecule has 4 rings (SSSR count). The number of para-hydroxylation sites is 1. The van der Waals surface area contributed by atoms with Gasteiger partial charge in [-0.2, -0.15) is 4.98 Å². The number of hydrogen-bond donors (Lipinski definition) is 0. The van der Waals surface area contributed by atoms with Gasteiger partial charge in [-0.15, -0.1) is 0 Å². The van der Waals surface area contributed by atoms with Gasteiger partial charge in [0.15, 0.2) is 6.10 Å². The van der Waals surface area contributed by atoms with E-state index in [0.717, 1.165) is 24.4 Å². The molecule has 5 heteroatoms. The first-order chi connectivity index (χ1) is 12.3. The highest BCUT2D eigenvalue weighted by atomic mass is 16.5. The van der Waals surface area contributed by atoms with Gasteiger partial charge in [-0.3, -0.25) is 0 Å². The second-order valence-electron chi connectivity index (χ2n) is 6.27. The predicted octanol–water partition coefficient (Wildman–Crippen LogP) is 4.48. The van der Waals surface area contributed by atoms with Crippen molar-refractivity contribution >= 4 is 5.69 Å². The summed E-state index contributed by atoms with van der Waals surface area (Å²) in [5, 5.41) is 4.10. The van der Waals surface area contributed by atoms with Crippen molar-refractivity contribution in [2.75, 3.05) is 18.0 Å². The fourth-order valence-electron chi connectivity index (χ4n) is 3.07. The Morgan fingerprint density at radius 3 is 2.44 bits per heavy atom. The minimum Gasteiger partial charge on any atom is -0.481 e. The number of anilines is 1. The lowest BCUT2D eigenvalue weighted by Gasteiger charge is -2.17. The molecule has 1 aliphatic rings. The van der Waals surface area contributed by atoms with Crippen LogP contribution in [0.2, 0.25) is 0 Å². The Morgan fingerprint density at radius 2 is 1.72 bits per heavy atom. The molecule has 5 nitrogen and oxygen atoms in total. The van der Waals surface area contributed by atoms with Crippen LogP contribution < -0.4 is 9.64 Å². The van der Waals surface area contributed by atoms with Crippen LogP contribution in [0.25, 0.3) is 11.4 Å². The fraction of sp³-hybridized carbons (Fsp3) is 0.300. The lowest BCUT2D eigenvalue weighted by Crippen LogP contribution is -2.17. The first-order valence-electron chi connectivity index (χ1n) is 8.70. The van der Waals surface area contributed by atoms with Gasteiger partial charge in [0.05, 0.1) is 0 Å². The molecule has 1 unspecified atom stereocenters. The first-order valence-corrected chi connectivity index (χ1v) is 8.70. The maximum Gasteiger partial charge on any atom is 0.267 e. The molecule has 0 aliphatic carbocycles. The van der Waals surface area contributed by atoms with Crippen LogP contribution in [0.1, 0.15) is 31.8 Å². The summed E-state index contributed by atoms with van der Waals surface area (Å²) in [5.41, 5.74) is 2.20. The molecule has 0 N–H and O–H groups in total. The van der Waals surface area contributed by atoms with E-state index in [0.29, 0.717) is 11.7 Å². The number of ether oxygens (including phenoxy) is 1. The van der Waals surface area contributed by atoms with Crippen molar-refractivity contribution in [1.82, 2.24) is 10.1 Å². The second-order valence-corrected chi connectivity index (χ2v) is 6.27. The molecular weight excluding hydrogens is 314 g/mol. The van der Waals surface area contributed by atoms with Crippen LogP contribution in [0.15, 0.2) is 59.1 Å². The molecule has 25 heavy (non-hydrogen) atoms. The summed E-state index contributed by atoms with van der Waals surface area (Å²) in [6.45, 7) is 4.18. The van der Waals surface area contributed by atoms with Gasteiger partial charge in [-0.25, -0.2) is 0 Å². The van der Waals surface area contributed by atoms with Gasteiger partial charge < -0.3 is 14.2 Å². The molecule has 2 heterocycles. The van der Waals surface area contributed by atoms with Gasteiger partial charge in [-0.05, 0) is 56.2 Å². The molecule has 0 spiro atoms. The third-order valence-corrected chi connectivity index (χ3v) is 4.44. The van der Waals surface area contributed by atoms with E-state index in [1.165, 1.54) is 18.5 Å². The van der Waals surface area contributed by atoms with Gasteiger partial charge in [0.2, 0.25) is 5.82 Å². The van der Waals surface area contributed by atoms with Crippen molar-refractivity contribution in [3.8, 4) is 17.1 Å². The number of benzene rings is 2. The van der Waals surface area contributed by atoms with Gasteiger partial charge in [0.1, 0.15) is 5.75 Å². The van der Waals surface area contributed by atoms with Crippen molar-refractivity contribution in [2.24, 2.45) is 0 Å². The van der Waals surface area contributed by atoms with Crippen LogP contribution >= 0.6 is 0 Å². The molecule has 0 radical (unpaired) electrons. The van der Waals surface area contributed by atoms with E-state index >= 15 is 0 Å². The van der Waals surface area contributed by atoms with Crippen LogP contribution in [0, 0.1) is 0 Å². The van der Waals surface area contributed by atoms with Crippen molar-refractivity contribution < 1.29 is 9.26 Å². The van der Waals surface area contributed by atoms with Crippen LogP contribution in [-0.4, -0.2) is 23.2 Å². The number of nitrogens with zero attached hydrogens (tertiary/aromatic N) is 3. The summed E-state index contributed by atoms with van der Waals surface area (Å²) in [4.78, 5) is 6.89. The fourth-order valence-corrected chi connectivity index (χ4v) is 3.07. The maximum atomic E-state index is 5.83. The Morgan fingerprint density at radius 1 is 1.00 bits per heavy atom. The molecule has 0 bridgehead atoms. The largest absolute Gasteiger partial charge is 0.481 e. The van der Waals surface area contributed by atoms with E-state index in [2.05, 4.69) is 27.2 Å². The number of rotatable bonds is 5. The molecular formula is C20H21N3O2. The molecule has 128 valence electrons. The Bertz CT molecular complexity index is 808. The highest BCUT2D eigenvalue weighted by Gasteiger charge is 2.17.